The van der Waals surface area contributed by atoms with Gasteiger partial charge in [-0.3, -0.25) is 9.36 Å². The number of imidazole rings is 1. The van der Waals surface area contributed by atoms with Gasteiger partial charge in [-0.15, -0.1) is 6.42 Å². The number of aliphatic hydroxyl groups excluding tert-OH is 2. The third-order valence-electron chi connectivity index (χ3n) is 3.99. The summed E-state index contributed by atoms with van der Waals surface area (Å²) in [5, 5.41) is 19.8. The molecule has 1 fully saturated rings. The SMILES string of the molecule is C#C[C@@]1(F)C(O)[C@@H]([C@H](C)O)O[C@H]1n1cnc2c(=O)n(N)c(N)nc21. The van der Waals surface area contributed by atoms with Gasteiger partial charge >= 0.3 is 5.56 Å². The van der Waals surface area contributed by atoms with Crippen LogP contribution >= 0.6 is 0 Å². The summed E-state index contributed by atoms with van der Waals surface area (Å²) in [5.41, 5.74) is 1.83. The fraction of sp³-hybridized carbons (Fsp3) is 0.462. The number of hydrogen-bond donors (Lipinski definition) is 4. The third-order valence-corrected chi connectivity index (χ3v) is 3.99. The maximum Gasteiger partial charge on any atom is 0.301 e. The van der Waals surface area contributed by atoms with Crippen LogP contribution in [0.25, 0.3) is 11.2 Å². The molecule has 3 rings (SSSR count). The highest BCUT2D eigenvalue weighted by Crippen LogP contribution is 2.43. The summed E-state index contributed by atoms with van der Waals surface area (Å²) in [5.74, 6) is 6.95. The van der Waals surface area contributed by atoms with E-state index in [4.69, 9.17) is 22.7 Å². The first-order chi connectivity index (χ1) is 11.2. The molecular weight excluding hydrogens is 323 g/mol. The highest BCUT2D eigenvalue weighted by Gasteiger charge is 2.59. The van der Waals surface area contributed by atoms with Crippen molar-refractivity contribution in [1.29, 1.82) is 0 Å². The number of nitrogen functional groups attached to an aromatic ring is 2. The summed E-state index contributed by atoms with van der Waals surface area (Å²) in [4.78, 5) is 19.7. The Morgan fingerprint density at radius 2 is 2.29 bits per heavy atom. The van der Waals surface area contributed by atoms with Crippen molar-refractivity contribution in [3.63, 3.8) is 0 Å². The second-order valence-corrected chi connectivity index (χ2v) is 5.52. The van der Waals surface area contributed by atoms with E-state index in [0.29, 0.717) is 4.68 Å². The van der Waals surface area contributed by atoms with E-state index in [-0.39, 0.29) is 17.1 Å². The maximum atomic E-state index is 15.1. The van der Waals surface area contributed by atoms with Crippen molar-refractivity contribution in [3.8, 4) is 12.3 Å². The van der Waals surface area contributed by atoms with Crippen LogP contribution in [0.15, 0.2) is 11.1 Å². The van der Waals surface area contributed by atoms with Gasteiger partial charge in [-0.1, -0.05) is 5.92 Å². The number of nitrogens with zero attached hydrogens (tertiary/aromatic N) is 4. The molecule has 1 saturated heterocycles. The number of ether oxygens (including phenoxy) is 1. The first kappa shape index (κ1) is 16.2. The van der Waals surface area contributed by atoms with Crippen LogP contribution in [0.3, 0.4) is 0 Å². The van der Waals surface area contributed by atoms with Crippen molar-refractivity contribution in [1.82, 2.24) is 19.2 Å². The van der Waals surface area contributed by atoms with Crippen molar-refractivity contribution in [2.45, 2.75) is 37.1 Å². The number of aliphatic hydroxyl groups is 2. The van der Waals surface area contributed by atoms with Gasteiger partial charge in [0.15, 0.2) is 17.4 Å². The minimum absolute atomic E-state index is 0.111. The van der Waals surface area contributed by atoms with Crippen molar-refractivity contribution >= 4 is 17.1 Å². The summed E-state index contributed by atoms with van der Waals surface area (Å²) >= 11 is 0. The molecule has 3 heterocycles. The summed E-state index contributed by atoms with van der Waals surface area (Å²) in [6, 6.07) is 0. The molecule has 0 spiro atoms. The minimum Gasteiger partial charge on any atom is -0.391 e. The Bertz CT molecular complexity index is 902. The fourth-order valence-corrected chi connectivity index (χ4v) is 2.68. The average molecular weight is 338 g/mol. The van der Waals surface area contributed by atoms with Crippen LogP contribution in [0.1, 0.15) is 13.2 Å². The lowest BCUT2D eigenvalue weighted by molar-refractivity contribution is -0.0776. The molecule has 0 aromatic carbocycles. The number of nitrogens with two attached hydrogens (primary N) is 2. The molecular formula is C13H15FN6O4. The van der Waals surface area contributed by atoms with E-state index < -0.39 is 35.8 Å². The molecule has 24 heavy (non-hydrogen) atoms. The summed E-state index contributed by atoms with van der Waals surface area (Å²) in [6.45, 7) is 1.32. The van der Waals surface area contributed by atoms with E-state index in [0.717, 1.165) is 10.9 Å². The Morgan fingerprint density at radius 1 is 1.62 bits per heavy atom. The van der Waals surface area contributed by atoms with Gasteiger partial charge in [0, 0.05) is 0 Å². The molecule has 128 valence electrons. The molecule has 2 aromatic rings. The van der Waals surface area contributed by atoms with E-state index >= 15 is 4.39 Å². The van der Waals surface area contributed by atoms with Gasteiger partial charge in [0.05, 0.1) is 12.4 Å². The molecule has 0 bridgehead atoms. The highest BCUT2D eigenvalue weighted by molar-refractivity contribution is 5.71. The van der Waals surface area contributed by atoms with Crippen molar-refractivity contribution in [2.75, 3.05) is 11.6 Å². The monoisotopic (exact) mass is 338 g/mol. The third kappa shape index (κ3) is 1.97. The van der Waals surface area contributed by atoms with Gasteiger partial charge in [0.1, 0.15) is 12.2 Å². The molecule has 0 aliphatic carbocycles. The number of aromatic nitrogens is 4. The lowest BCUT2D eigenvalue weighted by Gasteiger charge is -2.23. The predicted octanol–water partition coefficient (Wildman–Crippen LogP) is -2.13. The van der Waals surface area contributed by atoms with E-state index in [9.17, 15) is 15.0 Å². The predicted molar refractivity (Wildman–Crippen MR) is 80.6 cm³/mol. The molecule has 2 aromatic heterocycles. The van der Waals surface area contributed by atoms with Crippen LogP contribution in [-0.2, 0) is 4.74 Å². The lowest BCUT2D eigenvalue weighted by Crippen LogP contribution is -2.43. The first-order valence-electron chi connectivity index (χ1n) is 6.90. The molecule has 1 aliphatic heterocycles. The standard InChI is InChI=1S/C13H15FN6O4/c1-3-13(14)8(22)7(5(2)21)24-11(13)19-4-17-6-9(19)18-12(15)20(16)10(6)23/h1,4-5,7-8,11,21-22H,16H2,2H3,(H2,15,18)/t5-,7+,8?,11+,13+/m0/s1. The number of rotatable bonds is 2. The summed E-state index contributed by atoms with van der Waals surface area (Å²) in [7, 11) is 0. The fourth-order valence-electron chi connectivity index (χ4n) is 2.68. The lowest BCUT2D eigenvalue weighted by atomic mass is 9.95. The molecule has 0 saturated carbocycles. The Kier molecular flexibility index (Phi) is 3.48. The second kappa shape index (κ2) is 5.17. The van der Waals surface area contributed by atoms with Gasteiger partial charge in [-0.2, -0.15) is 9.66 Å². The molecule has 5 atom stereocenters. The minimum atomic E-state index is -2.68. The average Bonchev–Trinajstić information content (AvgIpc) is 3.06. The number of halogens is 1. The Morgan fingerprint density at radius 3 is 2.88 bits per heavy atom. The topological polar surface area (TPSA) is 154 Å². The Hall–Kier alpha value is -2.68. The molecule has 0 radical (unpaired) electrons. The maximum absolute atomic E-state index is 15.1. The van der Waals surface area contributed by atoms with E-state index in [1.807, 2.05) is 5.92 Å². The van der Waals surface area contributed by atoms with Crippen molar-refractivity contribution in [2.24, 2.45) is 0 Å². The Labute approximate surface area is 134 Å². The van der Waals surface area contributed by atoms with Crippen molar-refractivity contribution < 1.29 is 19.3 Å². The van der Waals surface area contributed by atoms with Crippen LogP contribution in [0.2, 0.25) is 0 Å². The molecule has 11 heteroatoms. The van der Waals surface area contributed by atoms with E-state index in [1.165, 1.54) is 6.92 Å². The van der Waals surface area contributed by atoms with Gasteiger partial charge < -0.3 is 26.5 Å². The quantitative estimate of drug-likeness (QED) is 0.357. The Balaban J connectivity index is 2.20. The van der Waals surface area contributed by atoms with Crippen LogP contribution in [0.4, 0.5) is 10.3 Å². The number of hydrogen-bond acceptors (Lipinski definition) is 8. The number of alkyl halides is 1. The van der Waals surface area contributed by atoms with Crippen LogP contribution in [-0.4, -0.2) is 53.4 Å². The van der Waals surface area contributed by atoms with Crippen LogP contribution in [0.5, 0.6) is 0 Å². The molecule has 10 nitrogen and oxygen atoms in total. The number of anilines is 1. The van der Waals surface area contributed by atoms with Crippen LogP contribution in [0, 0.1) is 12.3 Å². The first-order valence-corrected chi connectivity index (χ1v) is 6.90. The molecule has 1 aliphatic rings. The zero-order valence-electron chi connectivity index (χ0n) is 12.5. The zero-order valence-corrected chi connectivity index (χ0v) is 12.5. The number of fused-ring (bicyclic) bond motifs is 1. The summed E-state index contributed by atoms with van der Waals surface area (Å²) < 4.78 is 22.2. The number of terminal acetylenes is 1. The largest absolute Gasteiger partial charge is 0.391 e. The zero-order chi connectivity index (χ0) is 17.8. The van der Waals surface area contributed by atoms with Crippen molar-refractivity contribution in [3.05, 3.63) is 16.7 Å². The second-order valence-electron chi connectivity index (χ2n) is 5.52. The molecule has 0 amide bonds. The smallest absolute Gasteiger partial charge is 0.301 e. The van der Waals surface area contributed by atoms with E-state index in [1.54, 1.807) is 0 Å². The van der Waals surface area contributed by atoms with Gasteiger partial charge in [-0.05, 0) is 6.92 Å². The highest BCUT2D eigenvalue weighted by atomic mass is 19.1. The van der Waals surface area contributed by atoms with E-state index in [2.05, 4.69) is 9.97 Å². The molecule has 1 unspecified atom stereocenters. The normalized spacial score (nSPS) is 31.2. The molecule has 6 N–H and O–H groups in total. The van der Waals surface area contributed by atoms with Crippen LogP contribution < -0.4 is 17.1 Å². The summed E-state index contributed by atoms with van der Waals surface area (Å²) in [6.07, 6.45) is 0.478. The van der Waals surface area contributed by atoms with Gasteiger partial charge in [0.2, 0.25) is 11.6 Å². The van der Waals surface area contributed by atoms with Gasteiger partial charge in [0.25, 0.3) is 0 Å². The van der Waals surface area contributed by atoms with Gasteiger partial charge in [-0.25, -0.2) is 9.37 Å².